The molecular weight excluding hydrogens is 398 g/mol. The Hall–Kier alpha value is -3.76. The SMILES string of the molecule is CS(=O)(=O)Nc1cccc(OCc2nc3ccccn3c2C#Cc2ccccc2)c1. The Morgan fingerprint density at radius 1 is 1.00 bits per heavy atom. The molecule has 0 spiro atoms. The lowest BCUT2D eigenvalue weighted by Crippen LogP contribution is -2.09. The quantitative estimate of drug-likeness (QED) is 0.503. The normalized spacial score (nSPS) is 11.0. The summed E-state index contributed by atoms with van der Waals surface area (Å²) in [6, 6.07) is 22.3. The lowest BCUT2D eigenvalue weighted by Gasteiger charge is -2.08. The van der Waals surface area contributed by atoms with E-state index in [9.17, 15) is 8.42 Å². The zero-order chi connectivity index (χ0) is 21.0. The van der Waals surface area contributed by atoms with Crippen LogP contribution >= 0.6 is 0 Å². The van der Waals surface area contributed by atoms with Gasteiger partial charge in [0, 0.05) is 17.8 Å². The maximum absolute atomic E-state index is 11.4. The molecule has 7 heteroatoms. The van der Waals surface area contributed by atoms with Gasteiger partial charge in [0.2, 0.25) is 10.0 Å². The molecule has 0 aliphatic heterocycles. The number of nitrogens with zero attached hydrogens (tertiary/aromatic N) is 2. The Balaban J connectivity index is 1.62. The Labute approximate surface area is 175 Å². The summed E-state index contributed by atoms with van der Waals surface area (Å²) < 4.78 is 33.1. The van der Waals surface area contributed by atoms with Crippen LogP contribution in [-0.2, 0) is 16.6 Å². The number of sulfonamides is 1. The van der Waals surface area contributed by atoms with Gasteiger partial charge in [-0.05, 0) is 42.3 Å². The second-order valence-corrected chi connectivity index (χ2v) is 8.39. The van der Waals surface area contributed by atoms with Gasteiger partial charge in [-0.15, -0.1) is 0 Å². The highest BCUT2D eigenvalue weighted by atomic mass is 32.2. The molecule has 4 aromatic rings. The first-order chi connectivity index (χ1) is 14.5. The predicted octanol–water partition coefficient (Wildman–Crippen LogP) is 3.68. The molecule has 30 heavy (non-hydrogen) atoms. The number of rotatable bonds is 5. The van der Waals surface area contributed by atoms with Crippen LogP contribution in [-0.4, -0.2) is 24.1 Å². The summed E-state index contributed by atoms with van der Waals surface area (Å²) in [4.78, 5) is 4.65. The van der Waals surface area contributed by atoms with E-state index in [0.717, 1.165) is 23.2 Å². The van der Waals surface area contributed by atoms with Crippen molar-refractivity contribution in [2.24, 2.45) is 0 Å². The van der Waals surface area contributed by atoms with Crippen molar-refractivity contribution in [3.63, 3.8) is 0 Å². The number of imidazole rings is 1. The third-order valence-corrected chi connectivity index (χ3v) is 4.82. The van der Waals surface area contributed by atoms with Gasteiger partial charge in [-0.3, -0.25) is 9.12 Å². The fourth-order valence-electron chi connectivity index (χ4n) is 2.95. The topological polar surface area (TPSA) is 72.7 Å². The molecule has 2 aromatic heterocycles. The van der Waals surface area contributed by atoms with E-state index in [0.29, 0.717) is 17.1 Å². The van der Waals surface area contributed by atoms with Crippen LogP contribution in [0.3, 0.4) is 0 Å². The van der Waals surface area contributed by atoms with Gasteiger partial charge in [-0.25, -0.2) is 13.4 Å². The third-order valence-electron chi connectivity index (χ3n) is 4.21. The summed E-state index contributed by atoms with van der Waals surface area (Å²) in [5.41, 5.74) is 3.58. The standard InChI is InChI=1S/C23H19N3O3S/c1-30(27,28)25-19-10-7-11-20(16-19)29-17-21-22(14-13-18-8-3-2-4-9-18)26-15-6-5-12-23(26)24-21/h2-12,15-16,25H,17H2,1H3. The van der Waals surface area contributed by atoms with Crippen LogP contribution in [0.25, 0.3) is 5.65 Å². The first kappa shape index (κ1) is 19.6. The Bertz CT molecular complexity index is 1350. The Kier molecular flexibility index (Phi) is 5.42. The molecule has 0 atom stereocenters. The summed E-state index contributed by atoms with van der Waals surface area (Å²) in [6.45, 7) is 0.197. The van der Waals surface area contributed by atoms with Crippen molar-refractivity contribution in [1.29, 1.82) is 0 Å². The highest BCUT2D eigenvalue weighted by Crippen LogP contribution is 2.20. The highest BCUT2D eigenvalue weighted by Gasteiger charge is 2.11. The highest BCUT2D eigenvalue weighted by molar-refractivity contribution is 7.92. The van der Waals surface area contributed by atoms with E-state index in [1.54, 1.807) is 24.3 Å². The van der Waals surface area contributed by atoms with Crippen LogP contribution in [0.1, 0.15) is 17.0 Å². The van der Waals surface area contributed by atoms with Crippen LogP contribution in [0.15, 0.2) is 79.0 Å². The van der Waals surface area contributed by atoms with Gasteiger partial charge in [0.1, 0.15) is 29.4 Å². The van der Waals surface area contributed by atoms with E-state index in [2.05, 4.69) is 21.5 Å². The molecule has 0 aliphatic rings. The van der Waals surface area contributed by atoms with E-state index in [1.165, 1.54) is 0 Å². The first-order valence-electron chi connectivity index (χ1n) is 9.22. The number of anilines is 1. The second kappa shape index (κ2) is 8.31. The molecule has 2 heterocycles. The van der Waals surface area contributed by atoms with Crippen molar-refractivity contribution < 1.29 is 13.2 Å². The molecule has 0 saturated carbocycles. The molecule has 4 rings (SSSR count). The molecule has 150 valence electrons. The van der Waals surface area contributed by atoms with Crippen molar-refractivity contribution in [2.45, 2.75) is 6.61 Å². The van der Waals surface area contributed by atoms with Crippen LogP contribution in [0.5, 0.6) is 5.75 Å². The smallest absolute Gasteiger partial charge is 0.229 e. The molecule has 0 unspecified atom stereocenters. The average Bonchev–Trinajstić information content (AvgIpc) is 3.08. The molecule has 0 fully saturated rings. The minimum atomic E-state index is -3.36. The minimum absolute atomic E-state index is 0.197. The van der Waals surface area contributed by atoms with Crippen molar-refractivity contribution in [1.82, 2.24) is 9.38 Å². The summed E-state index contributed by atoms with van der Waals surface area (Å²) >= 11 is 0. The fourth-order valence-corrected chi connectivity index (χ4v) is 3.50. The van der Waals surface area contributed by atoms with Crippen molar-refractivity contribution in [3.8, 4) is 17.6 Å². The van der Waals surface area contributed by atoms with E-state index in [-0.39, 0.29) is 6.61 Å². The van der Waals surface area contributed by atoms with Gasteiger partial charge < -0.3 is 4.74 Å². The number of pyridine rings is 1. The molecule has 0 aliphatic carbocycles. The fraction of sp³-hybridized carbons (Fsp3) is 0.0870. The molecular formula is C23H19N3O3S. The van der Waals surface area contributed by atoms with E-state index in [1.807, 2.05) is 59.1 Å². The summed E-state index contributed by atoms with van der Waals surface area (Å²) in [7, 11) is -3.36. The zero-order valence-corrected chi connectivity index (χ0v) is 17.1. The number of ether oxygens (including phenoxy) is 1. The van der Waals surface area contributed by atoms with Gasteiger partial charge in [-0.1, -0.05) is 36.3 Å². The monoisotopic (exact) mass is 417 g/mol. The van der Waals surface area contributed by atoms with E-state index < -0.39 is 10.0 Å². The number of nitrogens with one attached hydrogen (secondary N) is 1. The summed E-state index contributed by atoms with van der Waals surface area (Å²) in [6.07, 6.45) is 3.02. The molecule has 0 radical (unpaired) electrons. The van der Waals surface area contributed by atoms with Crippen LogP contribution in [0.2, 0.25) is 0 Å². The van der Waals surface area contributed by atoms with Crippen molar-refractivity contribution >= 4 is 21.4 Å². The number of hydrogen-bond donors (Lipinski definition) is 1. The van der Waals surface area contributed by atoms with Gasteiger partial charge in [0.15, 0.2) is 0 Å². The van der Waals surface area contributed by atoms with E-state index in [4.69, 9.17) is 4.74 Å². The zero-order valence-electron chi connectivity index (χ0n) is 16.2. The molecule has 0 bridgehead atoms. The van der Waals surface area contributed by atoms with Crippen molar-refractivity contribution in [3.05, 3.63) is 95.9 Å². The van der Waals surface area contributed by atoms with Gasteiger partial charge in [0.05, 0.1) is 11.9 Å². The number of hydrogen-bond acceptors (Lipinski definition) is 4. The van der Waals surface area contributed by atoms with Gasteiger partial charge >= 0.3 is 0 Å². The average molecular weight is 417 g/mol. The lowest BCUT2D eigenvalue weighted by atomic mass is 10.2. The predicted molar refractivity (Wildman–Crippen MR) is 117 cm³/mol. The Morgan fingerprint density at radius 2 is 1.80 bits per heavy atom. The number of fused-ring (bicyclic) bond motifs is 1. The summed E-state index contributed by atoms with van der Waals surface area (Å²) in [5.74, 6) is 6.91. The van der Waals surface area contributed by atoms with Crippen molar-refractivity contribution in [2.75, 3.05) is 11.0 Å². The van der Waals surface area contributed by atoms with Crippen LogP contribution < -0.4 is 9.46 Å². The molecule has 2 aromatic carbocycles. The molecule has 0 saturated heterocycles. The lowest BCUT2D eigenvalue weighted by molar-refractivity contribution is 0.302. The van der Waals surface area contributed by atoms with Crippen LogP contribution in [0, 0.1) is 11.8 Å². The molecule has 6 nitrogen and oxygen atoms in total. The van der Waals surface area contributed by atoms with Gasteiger partial charge in [-0.2, -0.15) is 0 Å². The number of aromatic nitrogens is 2. The molecule has 1 N–H and O–H groups in total. The summed E-state index contributed by atoms with van der Waals surface area (Å²) in [5, 5.41) is 0. The van der Waals surface area contributed by atoms with Gasteiger partial charge in [0.25, 0.3) is 0 Å². The Morgan fingerprint density at radius 3 is 2.60 bits per heavy atom. The largest absolute Gasteiger partial charge is 0.487 e. The first-order valence-corrected chi connectivity index (χ1v) is 11.1. The third kappa shape index (κ3) is 4.80. The minimum Gasteiger partial charge on any atom is -0.487 e. The molecule has 0 amide bonds. The van der Waals surface area contributed by atoms with Crippen LogP contribution in [0.4, 0.5) is 5.69 Å². The maximum Gasteiger partial charge on any atom is 0.229 e. The maximum atomic E-state index is 11.4. The number of benzene rings is 2. The second-order valence-electron chi connectivity index (χ2n) is 6.64. The van der Waals surface area contributed by atoms with E-state index >= 15 is 0 Å².